The lowest BCUT2D eigenvalue weighted by Gasteiger charge is -2.02. The van der Waals surface area contributed by atoms with E-state index in [0.29, 0.717) is 17.2 Å². The molecule has 14 heavy (non-hydrogen) atoms. The Labute approximate surface area is 89.9 Å². The first kappa shape index (κ1) is 11.6. The fourth-order valence-electron chi connectivity index (χ4n) is 0.931. The van der Waals surface area contributed by atoms with Gasteiger partial charge in [-0.25, -0.2) is 4.39 Å². The molecule has 1 aromatic carbocycles. The highest BCUT2D eigenvalue weighted by atomic mass is 35.5. The molecular formula is C9H11ClFNOS. The van der Waals surface area contributed by atoms with Crippen molar-refractivity contribution >= 4 is 22.4 Å². The van der Waals surface area contributed by atoms with Crippen LogP contribution >= 0.6 is 11.6 Å². The van der Waals surface area contributed by atoms with Gasteiger partial charge in [-0.2, -0.15) is 0 Å². The minimum atomic E-state index is -1.12. The van der Waals surface area contributed by atoms with E-state index >= 15 is 0 Å². The van der Waals surface area contributed by atoms with Crippen molar-refractivity contribution in [3.63, 3.8) is 0 Å². The average molecular weight is 236 g/mol. The van der Waals surface area contributed by atoms with Gasteiger partial charge in [0, 0.05) is 17.2 Å². The molecule has 0 aliphatic rings. The molecule has 0 aliphatic heterocycles. The van der Waals surface area contributed by atoms with Crippen LogP contribution in [0.25, 0.3) is 0 Å². The average Bonchev–Trinajstić information content (AvgIpc) is 2.18. The smallest absolute Gasteiger partial charge is 0.141 e. The lowest BCUT2D eigenvalue weighted by molar-refractivity contribution is 0.626. The molecule has 1 atom stereocenters. The minimum absolute atomic E-state index is 0.0142. The minimum Gasteiger partial charge on any atom is -0.319 e. The maximum atomic E-state index is 12.8. The van der Waals surface area contributed by atoms with E-state index in [0.717, 1.165) is 0 Å². The molecule has 0 heterocycles. The number of hydrogen-bond donors (Lipinski definition) is 1. The fraction of sp³-hybridized carbons (Fsp3) is 0.333. The van der Waals surface area contributed by atoms with Gasteiger partial charge in [-0.05, 0) is 25.2 Å². The van der Waals surface area contributed by atoms with Crippen molar-refractivity contribution in [3.05, 3.63) is 29.0 Å². The van der Waals surface area contributed by atoms with Gasteiger partial charge in [-0.15, -0.1) is 0 Å². The van der Waals surface area contributed by atoms with Crippen LogP contribution in [0.1, 0.15) is 0 Å². The number of halogens is 2. The standard InChI is InChI=1S/C9H11ClFNOS/c1-12-4-5-14(13)7-2-3-9(11)8(10)6-7/h2-3,6,12H,4-5H2,1H3. The Kier molecular flexibility index (Phi) is 4.51. The second-order valence-corrected chi connectivity index (χ2v) is 4.71. The zero-order valence-electron chi connectivity index (χ0n) is 7.72. The van der Waals surface area contributed by atoms with Crippen LogP contribution in [-0.4, -0.2) is 23.6 Å². The highest BCUT2D eigenvalue weighted by Gasteiger charge is 2.06. The second kappa shape index (κ2) is 5.44. The molecule has 0 saturated carbocycles. The summed E-state index contributed by atoms with van der Waals surface area (Å²) in [6.45, 7) is 0.654. The molecule has 1 unspecified atom stereocenters. The molecular weight excluding hydrogens is 225 g/mol. The van der Waals surface area contributed by atoms with Crippen LogP contribution in [0.2, 0.25) is 5.02 Å². The normalized spacial score (nSPS) is 12.8. The molecule has 0 radical (unpaired) electrons. The topological polar surface area (TPSA) is 29.1 Å². The van der Waals surface area contributed by atoms with Gasteiger partial charge < -0.3 is 5.32 Å². The number of benzene rings is 1. The predicted octanol–water partition coefficient (Wildman–Crippen LogP) is 1.81. The van der Waals surface area contributed by atoms with Crippen LogP contribution in [0.3, 0.4) is 0 Å². The van der Waals surface area contributed by atoms with Gasteiger partial charge >= 0.3 is 0 Å². The summed E-state index contributed by atoms with van der Waals surface area (Å²) in [6.07, 6.45) is 0. The number of nitrogens with one attached hydrogen (secondary N) is 1. The van der Waals surface area contributed by atoms with Crippen molar-refractivity contribution < 1.29 is 8.60 Å². The molecule has 2 nitrogen and oxygen atoms in total. The Morgan fingerprint density at radius 1 is 1.57 bits per heavy atom. The summed E-state index contributed by atoms with van der Waals surface area (Å²) in [6, 6.07) is 4.13. The first-order chi connectivity index (χ1) is 6.65. The third kappa shape index (κ3) is 3.04. The molecule has 0 fully saturated rings. The van der Waals surface area contributed by atoms with Gasteiger partial charge in [-0.1, -0.05) is 11.6 Å². The van der Waals surface area contributed by atoms with Crippen LogP contribution in [0.15, 0.2) is 23.1 Å². The summed E-state index contributed by atoms with van der Waals surface area (Å²) >= 11 is 5.57. The van der Waals surface area contributed by atoms with E-state index in [4.69, 9.17) is 11.6 Å². The Hall–Kier alpha value is -0.450. The van der Waals surface area contributed by atoms with E-state index in [1.165, 1.54) is 18.2 Å². The summed E-state index contributed by atoms with van der Waals surface area (Å²) in [5, 5.41) is 2.91. The van der Waals surface area contributed by atoms with Gasteiger partial charge in [0.25, 0.3) is 0 Å². The third-order valence-electron chi connectivity index (χ3n) is 1.69. The van der Waals surface area contributed by atoms with Crippen LogP contribution in [0, 0.1) is 5.82 Å². The molecule has 0 aliphatic carbocycles. The van der Waals surface area contributed by atoms with Crippen LogP contribution in [-0.2, 0) is 10.8 Å². The van der Waals surface area contributed by atoms with Crippen LogP contribution in [0.4, 0.5) is 4.39 Å². The van der Waals surface area contributed by atoms with E-state index in [2.05, 4.69) is 5.32 Å². The molecule has 5 heteroatoms. The van der Waals surface area contributed by atoms with Crippen molar-refractivity contribution in [2.45, 2.75) is 4.90 Å². The van der Waals surface area contributed by atoms with Crippen molar-refractivity contribution in [1.29, 1.82) is 0 Å². The highest BCUT2D eigenvalue weighted by molar-refractivity contribution is 7.85. The Morgan fingerprint density at radius 2 is 2.29 bits per heavy atom. The molecule has 0 spiro atoms. The summed E-state index contributed by atoms with van der Waals surface area (Å²) in [4.78, 5) is 0.562. The van der Waals surface area contributed by atoms with Gasteiger partial charge in [0.05, 0.1) is 15.8 Å². The quantitative estimate of drug-likeness (QED) is 0.863. The van der Waals surface area contributed by atoms with Crippen molar-refractivity contribution in [3.8, 4) is 0 Å². The molecule has 0 bridgehead atoms. The molecule has 1 aromatic rings. The largest absolute Gasteiger partial charge is 0.319 e. The molecule has 0 aromatic heterocycles. The zero-order valence-corrected chi connectivity index (χ0v) is 9.29. The molecule has 0 amide bonds. The van der Waals surface area contributed by atoms with Crippen molar-refractivity contribution in [2.75, 3.05) is 19.3 Å². The maximum Gasteiger partial charge on any atom is 0.141 e. The van der Waals surface area contributed by atoms with E-state index in [1.54, 1.807) is 7.05 Å². The van der Waals surface area contributed by atoms with E-state index in [-0.39, 0.29) is 5.02 Å². The van der Waals surface area contributed by atoms with Gasteiger partial charge in [0.15, 0.2) is 0 Å². The van der Waals surface area contributed by atoms with Gasteiger partial charge in [0.2, 0.25) is 0 Å². The molecule has 78 valence electrons. The zero-order chi connectivity index (χ0) is 10.6. The first-order valence-electron chi connectivity index (χ1n) is 4.13. The maximum absolute atomic E-state index is 12.8. The fourth-order valence-corrected chi connectivity index (χ4v) is 2.27. The summed E-state index contributed by atoms with van der Waals surface area (Å²) in [7, 11) is 0.671. The van der Waals surface area contributed by atoms with E-state index in [9.17, 15) is 8.60 Å². The number of rotatable bonds is 4. The summed E-state index contributed by atoms with van der Waals surface area (Å²) in [5.41, 5.74) is 0. The summed E-state index contributed by atoms with van der Waals surface area (Å²) < 4.78 is 24.3. The first-order valence-corrected chi connectivity index (χ1v) is 5.83. The van der Waals surface area contributed by atoms with E-state index < -0.39 is 16.6 Å². The van der Waals surface area contributed by atoms with Crippen molar-refractivity contribution in [1.82, 2.24) is 5.32 Å². The van der Waals surface area contributed by atoms with E-state index in [1.807, 2.05) is 0 Å². The highest BCUT2D eigenvalue weighted by Crippen LogP contribution is 2.18. The molecule has 1 rings (SSSR count). The summed E-state index contributed by atoms with van der Waals surface area (Å²) in [5.74, 6) is 0.0133. The van der Waals surface area contributed by atoms with Crippen LogP contribution in [0.5, 0.6) is 0 Å². The second-order valence-electron chi connectivity index (χ2n) is 2.73. The Balaban J connectivity index is 2.76. The van der Waals surface area contributed by atoms with Gasteiger partial charge in [0.1, 0.15) is 5.82 Å². The Morgan fingerprint density at radius 3 is 2.86 bits per heavy atom. The lowest BCUT2D eigenvalue weighted by atomic mass is 10.3. The SMILES string of the molecule is CNCCS(=O)c1ccc(F)c(Cl)c1. The van der Waals surface area contributed by atoms with Gasteiger partial charge in [-0.3, -0.25) is 4.21 Å². The monoisotopic (exact) mass is 235 g/mol. The third-order valence-corrected chi connectivity index (χ3v) is 3.34. The molecule has 1 N–H and O–H groups in total. The lowest BCUT2D eigenvalue weighted by Crippen LogP contribution is -2.15. The van der Waals surface area contributed by atoms with Crippen molar-refractivity contribution in [2.24, 2.45) is 0 Å². The number of hydrogen-bond acceptors (Lipinski definition) is 2. The Bertz CT molecular complexity index is 346. The molecule has 0 saturated heterocycles. The predicted molar refractivity (Wildman–Crippen MR) is 56.6 cm³/mol. The van der Waals surface area contributed by atoms with Crippen LogP contribution < -0.4 is 5.32 Å².